The van der Waals surface area contributed by atoms with E-state index in [-0.39, 0.29) is 12.2 Å². The van der Waals surface area contributed by atoms with Crippen LogP contribution in [0.15, 0.2) is 18.2 Å². The lowest BCUT2D eigenvalue weighted by molar-refractivity contribution is -0.173. The first-order chi connectivity index (χ1) is 13.6. The number of hydrogen-bond acceptors (Lipinski definition) is 6. The van der Waals surface area contributed by atoms with Crippen molar-refractivity contribution in [1.29, 1.82) is 0 Å². The number of nitrogens with zero attached hydrogens (tertiary/aromatic N) is 2. The standard InChI is InChI=1S/C22H36N2O4/c1-4-23(5-2)16-19(25)17-27-21-14-18(6-7-20(21)26-3)15-24-11-8-22(9-12-24)10-13-28-22/h6-7,14,19,25H,4-5,8-13,15-17H2,1-3H3/t19-/m1/s1. The van der Waals surface area contributed by atoms with Crippen molar-refractivity contribution in [2.24, 2.45) is 0 Å². The summed E-state index contributed by atoms with van der Waals surface area (Å²) in [7, 11) is 1.65. The van der Waals surface area contributed by atoms with E-state index in [9.17, 15) is 5.11 Å². The molecule has 6 heteroatoms. The zero-order valence-electron chi connectivity index (χ0n) is 17.7. The Kier molecular flexibility index (Phi) is 7.57. The Hall–Kier alpha value is -1.34. The number of aliphatic hydroxyl groups is 1. The van der Waals surface area contributed by atoms with Crippen molar-refractivity contribution in [3.63, 3.8) is 0 Å². The molecule has 1 aromatic rings. The summed E-state index contributed by atoms with van der Waals surface area (Å²) in [6.07, 6.45) is 2.96. The van der Waals surface area contributed by atoms with Crippen LogP contribution >= 0.6 is 0 Å². The molecule has 0 aliphatic carbocycles. The Balaban J connectivity index is 1.54. The van der Waals surface area contributed by atoms with Crippen molar-refractivity contribution in [3.05, 3.63) is 23.8 Å². The molecule has 0 amide bonds. The number of rotatable bonds is 10. The van der Waals surface area contributed by atoms with E-state index in [4.69, 9.17) is 14.2 Å². The minimum absolute atomic E-state index is 0.186. The van der Waals surface area contributed by atoms with Gasteiger partial charge in [-0.3, -0.25) is 4.90 Å². The van der Waals surface area contributed by atoms with Gasteiger partial charge in [-0.2, -0.15) is 0 Å². The van der Waals surface area contributed by atoms with E-state index in [1.165, 1.54) is 12.0 Å². The van der Waals surface area contributed by atoms with Crippen LogP contribution in [-0.4, -0.2) is 79.7 Å². The Morgan fingerprint density at radius 1 is 1.18 bits per heavy atom. The molecule has 0 saturated carbocycles. The third-order valence-electron chi connectivity index (χ3n) is 6.16. The number of likely N-dealkylation sites (tertiary alicyclic amines) is 1. The summed E-state index contributed by atoms with van der Waals surface area (Å²) in [6.45, 7) is 10.9. The predicted molar refractivity (Wildman–Crippen MR) is 110 cm³/mol. The molecule has 28 heavy (non-hydrogen) atoms. The van der Waals surface area contributed by atoms with Crippen LogP contribution in [0.1, 0.15) is 38.7 Å². The van der Waals surface area contributed by atoms with Gasteiger partial charge in [-0.15, -0.1) is 0 Å². The highest BCUT2D eigenvalue weighted by Gasteiger charge is 2.40. The van der Waals surface area contributed by atoms with Gasteiger partial charge in [0.05, 0.1) is 19.3 Å². The van der Waals surface area contributed by atoms with Crippen LogP contribution in [0.3, 0.4) is 0 Å². The number of aliphatic hydroxyl groups excluding tert-OH is 1. The van der Waals surface area contributed by atoms with E-state index in [0.717, 1.165) is 52.2 Å². The van der Waals surface area contributed by atoms with Crippen molar-refractivity contribution in [1.82, 2.24) is 9.80 Å². The third kappa shape index (κ3) is 5.38. The van der Waals surface area contributed by atoms with Crippen molar-refractivity contribution in [2.45, 2.75) is 51.4 Å². The van der Waals surface area contributed by atoms with Gasteiger partial charge in [-0.05, 0) is 50.0 Å². The Morgan fingerprint density at radius 3 is 2.46 bits per heavy atom. The predicted octanol–water partition coefficient (Wildman–Crippen LogP) is 2.53. The van der Waals surface area contributed by atoms with Gasteiger partial charge in [0.15, 0.2) is 11.5 Å². The maximum atomic E-state index is 10.3. The zero-order valence-corrected chi connectivity index (χ0v) is 17.7. The van der Waals surface area contributed by atoms with E-state index in [2.05, 4.69) is 29.7 Å². The molecule has 158 valence electrons. The van der Waals surface area contributed by atoms with Crippen molar-refractivity contribution in [3.8, 4) is 11.5 Å². The van der Waals surface area contributed by atoms with Crippen molar-refractivity contribution < 1.29 is 19.3 Å². The maximum absolute atomic E-state index is 10.3. The number of ether oxygens (including phenoxy) is 3. The fraction of sp³-hybridized carbons (Fsp3) is 0.727. The topological polar surface area (TPSA) is 54.4 Å². The number of hydrogen-bond donors (Lipinski definition) is 1. The lowest BCUT2D eigenvalue weighted by Crippen LogP contribution is -2.52. The molecule has 2 heterocycles. The second-order valence-electron chi connectivity index (χ2n) is 7.99. The van der Waals surface area contributed by atoms with E-state index < -0.39 is 6.10 Å². The zero-order chi connectivity index (χ0) is 20.0. The summed E-state index contributed by atoms with van der Waals surface area (Å²) in [6, 6.07) is 6.11. The molecule has 1 spiro atoms. The highest BCUT2D eigenvalue weighted by Crippen LogP contribution is 2.37. The summed E-state index contributed by atoms with van der Waals surface area (Å²) in [5.74, 6) is 1.41. The minimum atomic E-state index is -0.519. The van der Waals surface area contributed by atoms with Crippen LogP contribution in [0, 0.1) is 0 Å². The summed E-state index contributed by atoms with van der Waals surface area (Å²) >= 11 is 0. The quantitative estimate of drug-likeness (QED) is 0.660. The molecule has 1 aromatic carbocycles. The second-order valence-corrected chi connectivity index (χ2v) is 7.99. The molecule has 0 radical (unpaired) electrons. The fourth-order valence-corrected chi connectivity index (χ4v) is 4.11. The number of methoxy groups -OCH3 is 1. The molecule has 6 nitrogen and oxygen atoms in total. The van der Waals surface area contributed by atoms with Gasteiger partial charge >= 0.3 is 0 Å². The van der Waals surface area contributed by atoms with E-state index in [1.54, 1.807) is 7.11 Å². The lowest BCUT2D eigenvalue weighted by Gasteiger charge is -2.47. The first kappa shape index (κ1) is 21.4. The molecule has 3 rings (SSSR count). The Labute approximate surface area is 169 Å². The molecule has 2 saturated heterocycles. The molecule has 0 unspecified atom stereocenters. The van der Waals surface area contributed by atoms with Gasteiger partial charge in [-0.25, -0.2) is 0 Å². The monoisotopic (exact) mass is 392 g/mol. The van der Waals surface area contributed by atoms with E-state index >= 15 is 0 Å². The van der Waals surface area contributed by atoms with E-state index in [0.29, 0.717) is 18.0 Å². The van der Waals surface area contributed by atoms with Crippen molar-refractivity contribution in [2.75, 3.05) is 53.0 Å². The minimum Gasteiger partial charge on any atom is -0.493 e. The molecule has 1 N–H and O–H groups in total. The molecular formula is C22H36N2O4. The highest BCUT2D eigenvalue weighted by molar-refractivity contribution is 5.43. The average molecular weight is 393 g/mol. The molecule has 0 bridgehead atoms. The Morgan fingerprint density at radius 2 is 1.89 bits per heavy atom. The lowest BCUT2D eigenvalue weighted by atomic mass is 9.84. The summed E-state index contributed by atoms with van der Waals surface area (Å²) in [5, 5.41) is 10.3. The number of benzene rings is 1. The maximum Gasteiger partial charge on any atom is 0.161 e. The molecule has 1 atom stereocenters. The summed E-state index contributed by atoms with van der Waals surface area (Å²) in [5.41, 5.74) is 1.39. The fourth-order valence-electron chi connectivity index (χ4n) is 4.11. The van der Waals surface area contributed by atoms with Crippen LogP contribution in [0.4, 0.5) is 0 Å². The van der Waals surface area contributed by atoms with Gasteiger partial charge in [-0.1, -0.05) is 19.9 Å². The van der Waals surface area contributed by atoms with Crippen LogP contribution in [0.25, 0.3) is 0 Å². The number of likely N-dealkylation sites (N-methyl/N-ethyl adjacent to an activating group) is 1. The molecule has 2 fully saturated rings. The van der Waals surface area contributed by atoms with Crippen LogP contribution in [0.2, 0.25) is 0 Å². The largest absolute Gasteiger partial charge is 0.493 e. The van der Waals surface area contributed by atoms with Gasteiger partial charge in [0, 0.05) is 26.2 Å². The second kappa shape index (κ2) is 9.92. The molecule has 0 aromatic heterocycles. The van der Waals surface area contributed by atoms with Gasteiger partial charge in [0.2, 0.25) is 0 Å². The number of piperidine rings is 1. The molecule has 2 aliphatic rings. The first-order valence-electron chi connectivity index (χ1n) is 10.6. The van der Waals surface area contributed by atoms with Gasteiger partial charge in [0.25, 0.3) is 0 Å². The van der Waals surface area contributed by atoms with Crippen LogP contribution < -0.4 is 9.47 Å². The van der Waals surface area contributed by atoms with Gasteiger partial charge in [0.1, 0.15) is 12.7 Å². The molecule has 2 aliphatic heterocycles. The van der Waals surface area contributed by atoms with Crippen LogP contribution in [0.5, 0.6) is 11.5 Å². The Bertz CT molecular complexity index is 607. The van der Waals surface area contributed by atoms with Crippen LogP contribution in [-0.2, 0) is 11.3 Å². The average Bonchev–Trinajstić information content (AvgIpc) is 2.70. The van der Waals surface area contributed by atoms with Gasteiger partial charge < -0.3 is 24.2 Å². The van der Waals surface area contributed by atoms with E-state index in [1.807, 2.05) is 12.1 Å². The normalized spacial score (nSPS) is 20.2. The van der Waals surface area contributed by atoms with Crippen molar-refractivity contribution >= 4 is 0 Å². The summed E-state index contributed by atoms with van der Waals surface area (Å²) in [4.78, 5) is 4.67. The molecular weight excluding hydrogens is 356 g/mol. The summed E-state index contributed by atoms with van der Waals surface area (Å²) < 4.78 is 17.2. The SMILES string of the molecule is CCN(CC)C[C@@H](O)COc1cc(CN2CCC3(CCO3)CC2)ccc1OC. The first-order valence-corrected chi connectivity index (χ1v) is 10.6. The highest BCUT2D eigenvalue weighted by atomic mass is 16.5. The smallest absolute Gasteiger partial charge is 0.161 e. The third-order valence-corrected chi connectivity index (χ3v) is 6.16.